The maximum absolute atomic E-state index is 4.66. The zero-order valence-corrected chi connectivity index (χ0v) is 15.6. The molecule has 1 aliphatic carbocycles. The zero-order valence-electron chi connectivity index (χ0n) is 14.0. The molecule has 1 N–H and O–H groups in total. The van der Waals surface area contributed by atoms with E-state index in [1.807, 2.05) is 0 Å². The van der Waals surface area contributed by atoms with Gasteiger partial charge in [0, 0.05) is 19.0 Å². The van der Waals surface area contributed by atoms with Crippen LogP contribution in [0.15, 0.2) is 4.47 Å². The molecule has 1 aliphatic rings. The Morgan fingerprint density at radius 1 is 1.29 bits per heavy atom. The average molecular weight is 356 g/mol. The summed E-state index contributed by atoms with van der Waals surface area (Å²) >= 11 is 3.76. The van der Waals surface area contributed by atoms with Crippen molar-refractivity contribution in [1.29, 1.82) is 0 Å². The van der Waals surface area contributed by atoms with Gasteiger partial charge in [0.15, 0.2) is 0 Å². The number of rotatable bonds is 7. The predicted octanol–water partition coefficient (Wildman–Crippen LogP) is 4.46. The monoisotopic (exact) mass is 355 g/mol. The summed E-state index contributed by atoms with van der Waals surface area (Å²) in [7, 11) is 0. The van der Waals surface area contributed by atoms with Crippen molar-refractivity contribution in [3.8, 4) is 0 Å². The lowest BCUT2D eigenvalue weighted by Crippen LogP contribution is -2.45. The van der Waals surface area contributed by atoms with Gasteiger partial charge in [-0.3, -0.25) is 4.68 Å². The molecular weight excluding hydrogens is 326 g/mol. The molecule has 0 amide bonds. The molecule has 0 aliphatic heterocycles. The van der Waals surface area contributed by atoms with Crippen molar-refractivity contribution in [1.82, 2.24) is 15.1 Å². The molecule has 1 fully saturated rings. The van der Waals surface area contributed by atoms with E-state index in [4.69, 9.17) is 0 Å². The van der Waals surface area contributed by atoms with Gasteiger partial charge < -0.3 is 5.32 Å². The fourth-order valence-corrected chi connectivity index (χ4v) is 4.48. The zero-order chi connectivity index (χ0) is 15.5. The van der Waals surface area contributed by atoms with Gasteiger partial charge in [-0.1, -0.05) is 26.7 Å². The Balaban J connectivity index is 2.28. The molecule has 1 unspecified atom stereocenters. The van der Waals surface area contributed by atoms with Gasteiger partial charge in [-0.05, 0) is 61.0 Å². The smallest absolute Gasteiger partial charge is 0.0738 e. The van der Waals surface area contributed by atoms with Crippen molar-refractivity contribution in [2.45, 2.75) is 78.8 Å². The molecule has 2 rings (SSSR count). The lowest BCUT2D eigenvalue weighted by Gasteiger charge is -2.38. The summed E-state index contributed by atoms with van der Waals surface area (Å²) in [5.41, 5.74) is 2.95. The third-order valence-corrected chi connectivity index (χ3v) is 6.37. The normalized spacial score (nSPS) is 19.1. The van der Waals surface area contributed by atoms with Crippen molar-refractivity contribution in [2.24, 2.45) is 5.41 Å². The van der Waals surface area contributed by atoms with Crippen LogP contribution in [0.1, 0.15) is 64.3 Å². The molecule has 0 saturated heterocycles. The maximum Gasteiger partial charge on any atom is 0.0738 e. The van der Waals surface area contributed by atoms with Crippen molar-refractivity contribution in [3.63, 3.8) is 0 Å². The summed E-state index contributed by atoms with van der Waals surface area (Å²) in [6.45, 7) is 10.8. The first-order chi connectivity index (χ1) is 10.1. The number of likely N-dealkylation sites (N-methyl/N-ethyl adjacent to an activating group) is 1. The summed E-state index contributed by atoms with van der Waals surface area (Å²) in [4.78, 5) is 0. The molecule has 120 valence electrons. The second-order valence-corrected chi connectivity index (χ2v) is 7.19. The van der Waals surface area contributed by atoms with E-state index in [1.54, 1.807) is 0 Å². The third kappa shape index (κ3) is 3.37. The summed E-state index contributed by atoms with van der Waals surface area (Å²) in [6, 6.07) is 0.563. The van der Waals surface area contributed by atoms with Gasteiger partial charge in [0.25, 0.3) is 0 Å². The van der Waals surface area contributed by atoms with Gasteiger partial charge >= 0.3 is 0 Å². The first kappa shape index (κ1) is 17.0. The number of aromatic nitrogens is 2. The second kappa shape index (κ2) is 7.28. The SMILES string of the molecule is CCNC(Cc1c(Br)c(C)nn1CC)C1(CC)CCCC1. The van der Waals surface area contributed by atoms with Crippen LogP contribution >= 0.6 is 15.9 Å². The van der Waals surface area contributed by atoms with Gasteiger partial charge in [-0.25, -0.2) is 0 Å². The Labute approximate surface area is 138 Å². The second-order valence-electron chi connectivity index (χ2n) is 6.40. The predicted molar refractivity (Wildman–Crippen MR) is 92.7 cm³/mol. The number of nitrogens with zero attached hydrogens (tertiary/aromatic N) is 2. The van der Waals surface area contributed by atoms with E-state index < -0.39 is 0 Å². The molecule has 1 atom stereocenters. The summed E-state index contributed by atoms with van der Waals surface area (Å²) in [6.07, 6.45) is 7.89. The van der Waals surface area contributed by atoms with Crippen LogP contribution in [-0.4, -0.2) is 22.4 Å². The highest BCUT2D eigenvalue weighted by Gasteiger charge is 2.40. The molecule has 1 aromatic rings. The number of hydrogen-bond acceptors (Lipinski definition) is 2. The van der Waals surface area contributed by atoms with Crippen LogP contribution in [0.2, 0.25) is 0 Å². The number of nitrogens with one attached hydrogen (secondary N) is 1. The molecule has 21 heavy (non-hydrogen) atoms. The molecule has 4 heteroatoms. The maximum atomic E-state index is 4.66. The summed E-state index contributed by atoms with van der Waals surface area (Å²) in [5, 5.41) is 8.45. The number of hydrogen-bond donors (Lipinski definition) is 1. The van der Waals surface area contributed by atoms with Gasteiger partial charge in [-0.2, -0.15) is 5.10 Å². The highest BCUT2D eigenvalue weighted by Crippen LogP contribution is 2.45. The van der Waals surface area contributed by atoms with Crippen molar-refractivity contribution >= 4 is 15.9 Å². The molecule has 0 spiro atoms. The van der Waals surface area contributed by atoms with Crippen LogP contribution in [0.3, 0.4) is 0 Å². The van der Waals surface area contributed by atoms with E-state index in [0.29, 0.717) is 11.5 Å². The Kier molecular flexibility index (Phi) is 5.89. The molecule has 1 saturated carbocycles. The van der Waals surface area contributed by atoms with Crippen molar-refractivity contribution in [2.75, 3.05) is 6.54 Å². The van der Waals surface area contributed by atoms with E-state index in [-0.39, 0.29) is 0 Å². The molecular formula is C17H30BrN3. The standard InChI is InChI=1S/C17H30BrN3/c1-5-17(10-8-9-11-17)15(19-6-2)12-14-16(18)13(4)20-21(14)7-3/h15,19H,5-12H2,1-4H3. The van der Waals surface area contributed by atoms with Crippen LogP contribution in [0.25, 0.3) is 0 Å². The number of halogens is 1. The summed E-state index contributed by atoms with van der Waals surface area (Å²) < 4.78 is 3.37. The largest absolute Gasteiger partial charge is 0.313 e. The van der Waals surface area contributed by atoms with Crippen LogP contribution in [0.4, 0.5) is 0 Å². The highest BCUT2D eigenvalue weighted by atomic mass is 79.9. The molecule has 0 bridgehead atoms. The van der Waals surface area contributed by atoms with E-state index in [2.05, 4.69) is 58.7 Å². The fourth-order valence-electron chi connectivity index (χ4n) is 4.04. The van der Waals surface area contributed by atoms with Gasteiger partial charge in [0.05, 0.1) is 15.9 Å². The Morgan fingerprint density at radius 3 is 2.48 bits per heavy atom. The van der Waals surface area contributed by atoms with Gasteiger partial charge in [0.2, 0.25) is 0 Å². The molecule has 0 aromatic carbocycles. The van der Waals surface area contributed by atoms with Crippen LogP contribution in [0, 0.1) is 12.3 Å². The quantitative estimate of drug-likeness (QED) is 0.781. The first-order valence-electron chi connectivity index (χ1n) is 8.53. The first-order valence-corrected chi connectivity index (χ1v) is 9.32. The van der Waals surface area contributed by atoms with Crippen molar-refractivity contribution < 1.29 is 0 Å². The summed E-state index contributed by atoms with van der Waals surface area (Å²) in [5.74, 6) is 0. The van der Waals surface area contributed by atoms with Crippen LogP contribution in [-0.2, 0) is 13.0 Å². The number of aryl methyl sites for hydroxylation is 2. The Hall–Kier alpha value is -0.350. The minimum absolute atomic E-state index is 0.478. The van der Waals surface area contributed by atoms with E-state index >= 15 is 0 Å². The van der Waals surface area contributed by atoms with E-state index in [0.717, 1.165) is 25.2 Å². The topological polar surface area (TPSA) is 29.9 Å². The molecule has 3 nitrogen and oxygen atoms in total. The van der Waals surface area contributed by atoms with Gasteiger partial charge in [-0.15, -0.1) is 0 Å². The van der Waals surface area contributed by atoms with E-state index in [1.165, 1.54) is 42.3 Å². The lowest BCUT2D eigenvalue weighted by atomic mass is 9.74. The third-order valence-electron chi connectivity index (χ3n) is 5.34. The van der Waals surface area contributed by atoms with Crippen LogP contribution < -0.4 is 5.32 Å². The fraction of sp³-hybridized carbons (Fsp3) is 0.824. The van der Waals surface area contributed by atoms with Gasteiger partial charge in [0.1, 0.15) is 0 Å². The lowest BCUT2D eigenvalue weighted by molar-refractivity contribution is 0.184. The molecule has 0 radical (unpaired) electrons. The minimum atomic E-state index is 0.478. The minimum Gasteiger partial charge on any atom is -0.313 e. The highest BCUT2D eigenvalue weighted by molar-refractivity contribution is 9.10. The average Bonchev–Trinajstić information content (AvgIpc) is 3.07. The van der Waals surface area contributed by atoms with Crippen LogP contribution in [0.5, 0.6) is 0 Å². The Morgan fingerprint density at radius 2 is 1.95 bits per heavy atom. The molecule has 1 aromatic heterocycles. The molecule has 1 heterocycles. The van der Waals surface area contributed by atoms with E-state index in [9.17, 15) is 0 Å². The van der Waals surface area contributed by atoms with Crippen molar-refractivity contribution in [3.05, 3.63) is 15.9 Å². The Bertz CT molecular complexity index is 461.